The topological polar surface area (TPSA) is 87.0 Å². The number of hydrogen-bond acceptors (Lipinski definition) is 6. The van der Waals surface area contributed by atoms with Gasteiger partial charge in [-0.25, -0.2) is 4.79 Å². The molecule has 0 aliphatic heterocycles. The highest BCUT2D eigenvalue weighted by Gasteiger charge is 2.14. The molecule has 0 aliphatic carbocycles. The predicted octanol–water partition coefficient (Wildman–Crippen LogP) is 3.34. The highest BCUT2D eigenvalue weighted by Crippen LogP contribution is 2.29. The first-order chi connectivity index (χ1) is 14.2. The Labute approximate surface area is 168 Å². The molecule has 0 bridgehead atoms. The fraction of sp³-hybridized carbons (Fsp3) is 0.182. The number of nitrogens with one attached hydrogen (secondary N) is 1. The van der Waals surface area contributed by atoms with Gasteiger partial charge in [0.25, 0.3) is 5.91 Å². The molecule has 0 radical (unpaired) electrons. The van der Waals surface area contributed by atoms with Crippen LogP contribution in [0.4, 0.5) is 0 Å². The van der Waals surface area contributed by atoms with Gasteiger partial charge in [0.05, 0.1) is 25.5 Å². The van der Waals surface area contributed by atoms with Crippen LogP contribution >= 0.6 is 0 Å². The second-order valence-electron chi connectivity index (χ2n) is 6.07. The van der Waals surface area contributed by atoms with Crippen LogP contribution in [-0.4, -0.2) is 25.6 Å². The molecule has 1 aromatic heterocycles. The summed E-state index contributed by atoms with van der Waals surface area (Å²) in [5.74, 6) is 0.456. The van der Waals surface area contributed by atoms with Gasteiger partial charge in [-0.15, -0.1) is 0 Å². The third-order valence-corrected chi connectivity index (χ3v) is 4.01. The molecule has 0 fully saturated rings. The van der Waals surface area contributed by atoms with Crippen molar-refractivity contribution < 1.29 is 28.2 Å². The number of carbonyl (C=O) groups excluding carboxylic acids is 2. The molecule has 7 nitrogen and oxygen atoms in total. The van der Waals surface area contributed by atoms with E-state index in [1.807, 2.05) is 30.3 Å². The Morgan fingerprint density at radius 1 is 1.00 bits per heavy atom. The van der Waals surface area contributed by atoms with Crippen molar-refractivity contribution in [3.8, 4) is 11.5 Å². The molecule has 0 saturated heterocycles. The lowest BCUT2D eigenvalue weighted by atomic mass is 10.2. The summed E-state index contributed by atoms with van der Waals surface area (Å²) in [5.41, 5.74) is 1.27. The summed E-state index contributed by atoms with van der Waals surface area (Å²) in [6.07, 6.45) is 1.52. The number of rotatable bonds is 9. The lowest BCUT2D eigenvalue weighted by Gasteiger charge is -2.12. The Hall–Kier alpha value is -3.74. The number of esters is 1. The van der Waals surface area contributed by atoms with Crippen LogP contribution in [-0.2, 0) is 22.7 Å². The number of methoxy groups -OCH3 is 1. The lowest BCUT2D eigenvalue weighted by molar-refractivity contribution is -0.124. The smallest absolute Gasteiger partial charge is 0.338 e. The minimum absolute atomic E-state index is 0.227. The monoisotopic (exact) mass is 395 g/mol. The normalized spacial score (nSPS) is 10.2. The standard InChI is InChI=1S/C22H21NO6/c1-26-20-12-17(9-10-19(20)28-14-16-6-3-2-4-7-16)22(25)29-15-21(24)23-13-18-8-5-11-27-18/h2-12H,13-15H2,1H3,(H,23,24). The van der Waals surface area contributed by atoms with Crippen molar-refractivity contribution >= 4 is 11.9 Å². The van der Waals surface area contributed by atoms with Crippen LogP contribution in [0.2, 0.25) is 0 Å². The van der Waals surface area contributed by atoms with Crippen molar-refractivity contribution in [1.29, 1.82) is 0 Å². The van der Waals surface area contributed by atoms with E-state index in [0.717, 1.165) is 5.56 Å². The van der Waals surface area contributed by atoms with Crippen LogP contribution in [0.1, 0.15) is 21.7 Å². The Bertz CT molecular complexity index is 937. The summed E-state index contributed by atoms with van der Waals surface area (Å²) >= 11 is 0. The van der Waals surface area contributed by atoms with Crippen molar-refractivity contribution in [2.75, 3.05) is 13.7 Å². The van der Waals surface area contributed by atoms with Crippen LogP contribution in [0.3, 0.4) is 0 Å². The highest BCUT2D eigenvalue weighted by atomic mass is 16.5. The van der Waals surface area contributed by atoms with Crippen molar-refractivity contribution in [3.05, 3.63) is 83.8 Å². The molecule has 150 valence electrons. The summed E-state index contributed by atoms with van der Waals surface area (Å²) in [6, 6.07) is 17.9. The Kier molecular flexibility index (Phi) is 6.89. The average molecular weight is 395 g/mol. The van der Waals surface area contributed by atoms with Gasteiger partial charge < -0.3 is 23.9 Å². The number of ether oxygens (including phenoxy) is 3. The van der Waals surface area contributed by atoms with E-state index in [1.54, 1.807) is 24.3 Å². The molecule has 3 rings (SSSR count). The summed E-state index contributed by atoms with van der Waals surface area (Å²) in [7, 11) is 1.49. The summed E-state index contributed by atoms with van der Waals surface area (Å²) in [4.78, 5) is 24.0. The second-order valence-corrected chi connectivity index (χ2v) is 6.07. The van der Waals surface area contributed by atoms with E-state index in [9.17, 15) is 9.59 Å². The van der Waals surface area contributed by atoms with E-state index >= 15 is 0 Å². The van der Waals surface area contributed by atoms with E-state index in [2.05, 4.69) is 5.32 Å². The fourth-order valence-electron chi connectivity index (χ4n) is 2.51. The van der Waals surface area contributed by atoms with Crippen LogP contribution < -0.4 is 14.8 Å². The quantitative estimate of drug-likeness (QED) is 0.559. The molecule has 7 heteroatoms. The van der Waals surface area contributed by atoms with Gasteiger partial charge in [-0.3, -0.25) is 4.79 Å². The van der Waals surface area contributed by atoms with Gasteiger partial charge in [-0.2, -0.15) is 0 Å². The first-order valence-electron chi connectivity index (χ1n) is 8.96. The number of amides is 1. The third kappa shape index (κ3) is 5.87. The SMILES string of the molecule is COc1cc(C(=O)OCC(=O)NCc2ccco2)ccc1OCc1ccccc1. The van der Waals surface area contributed by atoms with Gasteiger partial charge in [0.1, 0.15) is 12.4 Å². The van der Waals surface area contributed by atoms with Crippen molar-refractivity contribution in [2.45, 2.75) is 13.2 Å². The number of carbonyl (C=O) groups is 2. The molecule has 0 spiro atoms. The molecule has 29 heavy (non-hydrogen) atoms. The minimum atomic E-state index is -0.633. The molecule has 0 aliphatic rings. The van der Waals surface area contributed by atoms with Crippen LogP contribution in [0.5, 0.6) is 11.5 Å². The van der Waals surface area contributed by atoms with E-state index in [-0.39, 0.29) is 12.1 Å². The first kappa shape index (κ1) is 20.0. The number of furan rings is 1. The molecule has 0 atom stereocenters. The summed E-state index contributed by atoms with van der Waals surface area (Å²) in [6.45, 7) is 0.204. The zero-order valence-electron chi connectivity index (χ0n) is 15.9. The third-order valence-electron chi connectivity index (χ3n) is 4.01. The molecule has 1 N–H and O–H groups in total. The molecule has 1 heterocycles. The van der Waals surface area contributed by atoms with E-state index in [1.165, 1.54) is 19.4 Å². The van der Waals surface area contributed by atoms with Gasteiger partial charge in [0, 0.05) is 0 Å². The van der Waals surface area contributed by atoms with Gasteiger partial charge >= 0.3 is 5.97 Å². The Morgan fingerprint density at radius 3 is 2.55 bits per heavy atom. The van der Waals surface area contributed by atoms with E-state index in [4.69, 9.17) is 18.6 Å². The van der Waals surface area contributed by atoms with Crippen LogP contribution in [0.25, 0.3) is 0 Å². The number of benzene rings is 2. The maximum atomic E-state index is 12.2. The predicted molar refractivity (Wildman–Crippen MR) is 105 cm³/mol. The molecule has 3 aromatic rings. The zero-order valence-corrected chi connectivity index (χ0v) is 15.9. The van der Waals surface area contributed by atoms with Crippen molar-refractivity contribution in [3.63, 3.8) is 0 Å². The Balaban J connectivity index is 1.52. The molecular formula is C22H21NO6. The molecule has 1 amide bonds. The molecule has 0 saturated carbocycles. The van der Waals surface area contributed by atoms with Crippen LogP contribution in [0, 0.1) is 0 Å². The van der Waals surface area contributed by atoms with Crippen LogP contribution in [0.15, 0.2) is 71.3 Å². The molecule has 0 unspecified atom stereocenters. The lowest BCUT2D eigenvalue weighted by Crippen LogP contribution is -2.28. The summed E-state index contributed by atoms with van der Waals surface area (Å²) in [5, 5.41) is 2.60. The largest absolute Gasteiger partial charge is 0.493 e. The highest BCUT2D eigenvalue weighted by molar-refractivity contribution is 5.92. The molecule has 2 aromatic carbocycles. The first-order valence-corrected chi connectivity index (χ1v) is 8.96. The second kappa shape index (κ2) is 9.98. The van der Waals surface area contributed by atoms with Gasteiger partial charge in [0.15, 0.2) is 18.1 Å². The molecular weight excluding hydrogens is 374 g/mol. The summed E-state index contributed by atoms with van der Waals surface area (Å²) < 4.78 is 21.2. The van der Waals surface area contributed by atoms with Crippen molar-refractivity contribution in [2.24, 2.45) is 0 Å². The van der Waals surface area contributed by atoms with E-state index in [0.29, 0.717) is 23.9 Å². The Morgan fingerprint density at radius 2 is 1.83 bits per heavy atom. The number of hydrogen-bond donors (Lipinski definition) is 1. The minimum Gasteiger partial charge on any atom is -0.493 e. The fourth-order valence-corrected chi connectivity index (χ4v) is 2.51. The zero-order chi connectivity index (χ0) is 20.5. The van der Waals surface area contributed by atoms with Gasteiger partial charge in [-0.1, -0.05) is 30.3 Å². The maximum Gasteiger partial charge on any atom is 0.338 e. The van der Waals surface area contributed by atoms with Crippen molar-refractivity contribution in [1.82, 2.24) is 5.32 Å². The maximum absolute atomic E-state index is 12.2. The van der Waals surface area contributed by atoms with Gasteiger partial charge in [-0.05, 0) is 35.9 Å². The van der Waals surface area contributed by atoms with Gasteiger partial charge in [0.2, 0.25) is 0 Å². The average Bonchev–Trinajstić information content (AvgIpc) is 3.29. The van der Waals surface area contributed by atoms with E-state index < -0.39 is 18.5 Å².